The Morgan fingerprint density at radius 3 is 2.83 bits per heavy atom. The molecule has 0 radical (unpaired) electrons. The summed E-state index contributed by atoms with van der Waals surface area (Å²) in [6.45, 7) is 5.21. The van der Waals surface area contributed by atoms with Gasteiger partial charge in [0.25, 0.3) is 0 Å². The molecule has 0 aliphatic carbocycles. The van der Waals surface area contributed by atoms with Gasteiger partial charge in [-0.1, -0.05) is 13.8 Å². The highest BCUT2D eigenvalue weighted by Crippen LogP contribution is 2.28. The second-order valence-electron chi connectivity index (χ2n) is 3.94. The van der Waals surface area contributed by atoms with Crippen LogP contribution in [-0.2, 0) is 6.42 Å². The van der Waals surface area contributed by atoms with Crippen LogP contribution in [0.25, 0.3) is 10.7 Å². The molecule has 96 valence electrons. The van der Waals surface area contributed by atoms with Crippen molar-refractivity contribution in [2.75, 3.05) is 11.9 Å². The van der Waals surface area contributed by atoms with Crippen LogP contribution < -0.4 is 5.32 Å². The molecule has 0 aliphatic heterocycles. The van der Waals surface area contributed by atoms with Crippen LogP contribution in [-0.4, -0.2) is 16.5 Å². The van der Waals surface area contributed by atoms with Gasteiger partial charge in [0.2, 0.25) is 0 Å². The molecule has 0 bridgehead atoms. The molecule has 2 rings (SSSR count). The van der Waals surface area contributed by atoms with Gasteiger partial charge in [-0.15, -0.1) is 11.3 Å². The van der Waals surface area contributed by atoms with Crippen molar-refractivity contribution in [1.82, 2.24) is 9.97 Å². The van der Waals surface area contributed by atoms with Crippen LogP contribution in [0.2, 0.25) is 0 Å². The van der Waals surface area contributed by atoms with Crippen LogP contribution in [0.15, 0.2) is 22.8 Å². The molecule has 2 aromatic heterocycles. The van der Waals surface area contributed by atoms with Crippen LogP contribution in [0.5, 0.6) is 0 Å². The summed E-state index contributed by atoms with van der Waals surface area (Å²) >= 11 is 5.22. The Hall–Kier alpha value is -0.940. The molecule has 0 atom stereocenters. The third kappa shape index (κ3) is 3.09. The second kappa shape index (κ2) is 6.29. The summed E-state index contributed by atoms with van der Waals surface area (Å²) in [7, 11) is 0. The van der Waals surface area contributed by atoms with Gasteiger partial charge in [0.15, 0.2) is 5.82 Å². The van der Waals surface area contributed by atoms with Crippen LogP contribution in [0.1, 0.15) is 25.1 Å². The summed E-state index contributed by atoms with van der Waals surface area (Å²) in [6, 6.07) is 4.24. The summed E-state index contributed by atoms with van der Waals surface area (Å²) in [4.78, 5) is 11.4. The van der Waals surface area contributed by atoms with E-state index in [4.69, 9.17) is 0 Å². The Kier molecular flexibility index (Phi) is 4.72. The molecule has 1 N–H and O–H groups in total. The number of rotatable bonds is 5. The van der Waals surface area contributed by atoms with Gasteiger partial charge in [0.05, 0.1) is 9.35 Å². The first-order chi connectivity index (χ1) is 8.74. The molecule has 0 spiro atoms. The summed E-state index contributed by atoms with van der Waals surface area (Å²) in [5.74, 6) is 1.66. The first kappa shape index (κ1) is 13.5. The van der Waals surface area contributed by atoms with Crippen molar-refractivity contribution in [3.05, 3.63) is 27.7 Å². The highest BCUT2D eigenvalue weighted by Gasteiger charge is 2.08. The molecule has 2 heterocycles. The number of nitrogens with one attached hydrogen (secondary N) is 1. The van der Waals surface area contributed by atoms with E-state index < -0.39 is 0 Å². The average molecular weight is 326 g/mol. The number of anilines is 1. The first-order valence-electron chi connectivity index (χ1n) is 6.10. The Balaban J connectivity index is 2.28. The minimum Gasteiger partial charge on any atom is -0.369 e. The smallest absolute Gasteiger partial charge is 0.171 e. The molecule has 0 fully saturated rings. The molecule has 2 aromatic rings. The molecular formula is C13H16BrN3S. The number of halogens is 1. The number of thiophene rings is 1. The van der Waals surface area contributed by atoms with Gasteiger partial charge in [0.1, 0.15) is 5.82 Å². The average Bonchev–Trinajstić information content (AvgIpc) is 2.86. The molecular weight excluding hydrogens is 310 g/mol. The normalized spacial score (nSPS) is 10.6. The topological polar surface area (TPSA) is 37.8 Å². The molecule has 5 heteroatoms. The van der Waals surface area contributed by atoms with Crippen molar-refractivity contribution in [2.45, 2.75) is 26.7 Å². The van der Waals surface area contributed by atoms with Gasteiger partial charge < -0.3 is 5.32 Å². The Bertz CT molecular complexity index is 525. The fraction of sp³-hybridized carbons (Fsp3) is 0.385. The first-order valence-corrected chi connectivity index (χ1v) is 7.71. The van der Waals surface area contributed by atoms with E-state index in [0.29, 0.717) is 0 Å². The predicted octanol–water partition coefficient (Wildman–Crippen LogP) is 4.35. The van der Waals surface area contributed by atoms with Gasteiger partial charge in [-0.2, -0.15) is 0 Å². The Labute approximate surface area is 120 Å². The van der Waals surface area contributed by atoms with Crippen LogP contribution in [0.4, 0.5) is 5.82 Å². The maximum atomic E-state index is 4.57. The van der Waals surface area contributed by atoms with Crippen molar-refractivity contribution < 1.29 is 0 Å². The molecule has 3 nitrogen and oxygen atoms in total. The van der Waals surface area contributed by atoms with Gasteiger partial charge in [-0.3, -0.25) is 0 Å². The van der Waals surface area contributed by atoms with Crippen LogP contribution in [0.3, 0.4) is 0 Å². The zero-order chi connectivity index (χ0) is 13.0. The monoisotopic (exact) mass is 325 g/mol. The zero-order valence-corrected chi connectivity index (χ0v) is 12.9. The van der Waals surface area contributed by atoms with E-state index in [0.717, 1.165) is 40.4 Å². The minimum atomic E-state index is 0.793. The van der Waals surface area contributed by atoms with Crippen molar-refractivity contribution in [1.29, 1.82) is 0 Å². The van der Waals surface area contributed by atoms with E-state index in [1.807, 2.05) is 6.20 Å². The third-order valence-corrected chi connectivity index (χ3v) is 4.32. The summed E-state index contributed by atoms with van der Waals surface area (Å²) in [5.41, 5.74) is 0. The minimum absolute atomic E-state index is 0.793. The molecule has 0 saturated carbocycles. The highest BCUT2D eigenvalue weighted by atomic mass is 79.9. The number of nitrogens with zero attached hydrogens (tertiary/aromatic N) is 2. The van der Waals surface area contributed by atoms with Crippen molar-refractivity contribution in [2.24, 2.45) is 0 Å². The van der Waals surface area contributed by atoms with Gasteiger partial charge in [0, 0.05) is 17.6 Å². The van der Waals surface area contributed by atoms with Crippen molar-refractivity contribution in [3.8, 4) is 10.7 Å². The number of aromatic nitrogens is 2. The zero-order valence-electron chi connectivity index (χ0n) is 10.5. The van der Waals surface area contributed by atoms with Crippen molar-refractivity contribution in [3.63, 3.8) is 0 Å². The second-order valence-corrected chi connectivity index (χ2v) is 5.96. The van der Waals surface area contributed by atoms with Crippen LogP contribution in [0, 0.1) is 0 Å². The van der Waals surface area contributed by atoms with Gasteiger partial charge in [-0.05, 0) is 40.9 Å². The fourth-order valence-electron chi connectivity index (χ4n) is 1.54. The lowest BCUT2D eigenvalue weighted by atomic mass is 10.3. The molecule has 18 heavy (non-hydrogen) atoms. The molecule has 0 unspecified atom stereocenters. The number of hydrogen-bond donors (Lipinski definition) is 1. The Morgan fingerprint density at radius 2 is 2.17 bits per heavy atom. The maximum Gasteiger partial charge on any atom is 0.171 e. The summed E-state index contributed by atoms with van der Waals surface area (Å²) < 4.78 is 0.909. The third-order valence-electron chi connectivity index (χ3n) is 2.52. The SMILES string of the molecule is CCCNc1nc(-c2ccc(CC)s2)ncc1Br. The van der Waals surface area contributed by atoms with Crippen molar-refractivity contribution >= 4 is 33.1 Å². The molecule has 0 aliphatic rings. The lowest BCUT2D eigenvalue weighted by molar-refractivity contribution is 0.963. The number of hydrogen-bond acceptors (Lipinski definition) is 4. The van der Waals surface area contributed by atoms with Crippen LogP contribution >= 0.6 is 27.3 Å². The highest BCUT2D eigenvalue weighted by molar-refractivity contribution is 9.10. The lowest BCUT2D eigenvalue weighted by Gasteiger charge is -2.07. The van der Waals surface area contributed by atoms with Gasteiger partial charge >= 0.3 is 0 Å². The molecule has 0 amide bonds. The van der Waals surface area contributed by atoms with E-state index in [1.165, 1.54) is 4.88 Å². The quantitative estimate of drug-likeness (QED) is 0.887. The number of aryl methyl sites for hydroxylation is 1. The van der Waals surface area contributed by atoms with E-state index in [1.54, 1.807) is 11.3 Å². The van der Waals surface area contributed by atoms with E-state index in [-0.39, 0.29) is 0 Å². The summed E-state index contributed by atoms with van der Waals surface area (Å²) in [6.07, 6.45) is 3.94. The molecule has 0 aromatic carbocycles. The predicted molar refractivity (Wildman–Crippen MR) is 81.2 cm³/mol. The Morgan fingerprint density at radius 1 is 1.33 bits per heavy atom. The van der Waals surface area contributed by atoms with E-state index in [2.05, 4.69) is 57.2 Å². The maximum absolute atomic E-state index is 4.57. The van der Waals surface area contributed by atoms with Gasteiger partial charge in [-0.25, -0.2) is 9.97 Å². The summed E-state index contributed by atoms with van der Waals surface area (Å²) in [5, 5.41) is 3.30. The van der Waals surface area contributed by atoms with E-state index >= 15 is 0 Å². The fourth-order valence-corrected chi connectivity index (χ4v) is 2.76. The largest absolute Gasteiger partial charge is 0.369 e. The standard InChI is InChI=1S/C13H16BrN3S/c1-3-7-15-12-10(14)8-16-13(17-12)11-6-5-9(4-2)18-11/h5-6,8H,3-4,7H2,1-2H3,(H,15,16,17). The van der Waals surface area contributed by atoms with E-state index in [9.17, 15) is 0 Å². The molecule has 0 saturated heterocycles. The lowest BCUT2D eigenvalue weighted by Crippen LogP contribution is -2.04.